The Kier molecular flexibility index (Phi) is 7.64. The smallest absolute Gasteiger partial charge is 0.227 e. The van der Waals surface area contributed by atoms with Crippen molar-refractivity contribution in [1.82, 2.24) is 10.6 Å². The van der Waals surface area contributed by atoms with Crippen molar-refractivity contribution < 1.29 is 9.53 Å². The second-order valence-electron chi connectivity index (χ2n) is 4.34. The van der Waals surface area contributed by atoms with E-state index in [1.165, 1.54) is 0 Å². The number of carbonyl (C=O) groups excluding carboxylic acids is 1. The zero-order valence-corrected chi connectivity index (χ0v) is 11.6. The van der Waals surface area contributed by atoms with Gasteiger partial charge in [0.2, 0.25) is 5.91 Å². The van der Waals surface area contributed by atoms with Crippen LogP contribution >= 0.6 is 11.8 Å². The molecule has 1 fully saturated rings. The maximum atomic E-state index is 11.9. The van der Waals surface area contributed by atoms with Crippen LogP contribution in [0.1, 0.15) is 19.8 Å². The number of thioether (sulfide) groups is 1. The molecule has 1 saturated heterocycles. The summed E-state index contributed by atoms with van der Waals surface area (Å²) in [6, 6.07) is 0.190. The van der Waals surface area contributed by atoms with Gasteiger partial charge in [-0.3, -0.25) is 4.79 Å². The number of amides is 1. The van der Waals surface area contributed by atoms with Crippen LogP contribution in [0.25, 0.3) is 0 Å². The molecule has 0 aromatic heterocycles. The standard InChI is InChI=1S/C12H24N2O2S/c1-3-5-13-11-9-16-8-10(11)12(15)14-6-4-7-17-2/h10-11,13H,3-9H2,1-2H3,(H,14,15). The van der Waals surface area contributed by atoms with Crippen LogP contribution in [-0.4, -0.2) is 50.3 Å². The van der Waals surface area contributed by atoms with E-state index >= 15 is 0 Å². The van der Waals surface area contributed by atoms with Gasteiger partial charge in [0.15, 0.2) is 0 Å². The first-order chi connectivity index (χ1) is 8.29. The molecule has 0 bridgehead atoms. The maximum absolute atomic E-state index is 11.9. The van der Waals surface area contributed by atoms with Gasteiger partial charge in [0.05, 0.1) is 19.1 Å². The molecule has 1 aliphatic rings. The molecular weight excluding hydrogens is 236 g/mol. The number of ether oxygens (including phenoxy) is 1. The molecule has 5 heteroatoms. The van der Waals surface area contributed by atoms with Crippen molar-refractivity contribution in [2.45, 2.75) is 25.8 Å². The van der Waals surface area contributed by atoms with Crippen LogP contribution in [0.5, 0.6) is 0 Å². The minimum atomic E-state index is -0.0178. The molecule has 0 aliphatic carbocycles. The summed E-state index contributed by atoms with van der Waals surface area (Å²) >= 11 is 1.81. The van der Waals surface area contributed by atoms with E-state index in [0.29, 0.717) is 13.2 Å². The highest BCUT2D eigenvalue weighted by Crippen LogP contribution is 2.13. The maximum Gasteiger partial charge on any atom is 0.227 e. The molecule has 0 spiro atoms. The average Bonchev–Trinajstić information content (AvgIpc) is 2.80. The summed E-state index contributed by atoms with van der Waals surface area (Å²) in [6.07, 6.45) is 4.20. The van der Waals surface area contributed by atoms with E-state index in [2.05, 4.69) is 23.8 Å². The van der Waals surface area contributed by atoms with Crippen LogP contribution in [0.3, 0.4) is 0 Å². The van der Waals surface area contributed by atoms with Crippen molar-refractivity contribution in [1.29, 1.82) is 0 Å². The SMILES string of the molecule is CCCNC1COCC1C(=O)NCCCSC. The lowest BCUT2D eigenvalue weighted by atomic mass is 10.0. The topological polar surface area (TPSA) is 50.4 Å². The number of carbonyl (C=O) groups is 1. The molecule has 4 nitrogen and oxygen atoms in total. The predicted molar refractivity (Wildman–Crippen MR) is 72.4 cm³/mol. The first-order valence-electron chi connectivity index (χ1n) is 6.37. The molecule has 0 aromatic rings. The third-order valence-electron chi connectivity index (χ3n) is 2.90. The zero-order valence-electron chi connectivity index (χ0n) is 10.8. The number of rotatable bonds is 8. The Morgan fingerprint density at radius 1 is 1.41 bits per heavy atom. The van der Waals surface area contributed by atoms with Crippen LogP contribution in [0.15, 0.2) is 0 Å². The molecular formula is C12H24N2O2S. The molecule has 1 amide bonds. The van der Waals surface area contributed by atoms with Gasteiger partial charge in [-0.1, -0.05) is 6.92 Å². The molecule has 1 rings (SSSR count). The largest absolute Gasteiger partial charge is 0.379 e. The first kappa shape index (κ1) is 14.8. The lowest BCUT2D eigenvalue weighted by Crippen LogP contribution is -2.44. The molecule has 0 aromatic carbocycles. The number of nitrogens with one attached hydrogen (secondary N) is 2. The second kappa shape index (κ2) is 8.78. The summed E-state index contributed by atoms with van der Waals surface area (Å²) in [7, 11) is 0. The van der Waals surface area contributed by atoms with Gasteiger partial charge in [-0.15, -0.1) is 0 Å². The first-order valence-corrected chi connectivity index (χ1v) is 7.76. The van der Waals surface area contributed by atoms with Crippen molar-refractivity contribution >= 4 is 17.7 Å². The highest BCUT2D eigenvalue weighted by atomic mass is 32.2. The van der Waals surface area contributed by atoms with Crippen molar-refractivity contribution in [3.8, 4) is 0 Å². The van der Waals surface area contributed by atoms with Gasteiger partial charge in [0, 0.05) is 12.6 Å². The van der Waals surface area contributed by atoms with Gasteiger partial charge in [-0.2, -0.15) is 11.8 Å². The van der Waals surface area contributed by atoms with Crippen molar-refractivity contribution in [3.05, 3.63) is 0 Å². The van der Waals surface area contributed by atoms with E-state index in [0.717, 1.165) is 31.7 Å². The summed E-state index contributed by atoms with van der Waals surface area (Å²) in [4.78, 5) is 11.9. The molecule has 2 N–H and O–H groups in total. The second-order valence-corrected chi connectivity index (χ2v) is 5.33. The average molecular weight is 260 g/mol. The van der Waals surface area contributed by atoms with Gasteiger partial charge in [0.25, 0.3) is 0 Å². The van der Waals surface area contributed by atoms with Crippen LogP contribution < -0.4 is 10.6 Å². The monoisotopic (exact) mass is 260 g/mol. The van der Waals surface area contributed by atoms with Gasteiger partial charge in [-0.25, -0.2) is 0 Å². The Morgan fingerprint density at radius 2 is 2.24 bits per heavy atom. The predicted octanol–water partition coefficient (Wildman–Crippen LogP) is 0.870. The van der Waals surface area contributed by atoms with E-state index in [9.17, 15) is 4.79 Å². The van der Waals surface area contributed by atoms with E-state index in [1.807, 2.05) is 11.8 Å². The van der Waals surface area contributed by atoms with Crippen LogP contribution in [0.2, 0.25) is 0 Å². The van der Waals surface area contributed by atoms with Gasteiger partial charge >= 0.3 is 0 Å². The Morgan fingerprint density at radius 3 is 2.94 bits per heavy atom. The fourth-order valence-corrected chi connectivity index (χ4v) is 2.34. The summed E-state index contributed by atoms with van der Waals surface area (Å²) in [6.45, 7) is 5.06. The zero-order chi connectivity index (χ0) is 12.5. The van der Waals surface area contributed by atoms with E-state index in [4.69, 9.17) is 4.74 Å². The third kappa shape index (κ3) is 5.27. The minimum Gasteiger partial charge on any atom is -0.379 e. The molecule has 100 valence electrons. The Balaban J connectivity index is 2.24. The van der Waals surface area contributed by atoms with Crippen LogP contribution in [0, 0.1) is 5.92 Å². The normalized spacial score (nSPS) is 23.9. The van der Waals surface area contributed by atoms with Crippen molar-refractivity contribution in [3.63, 3.8) is 0 Å². The third-order valence-corrected chi connectivity index (χ3v) is 3.60. The van der Waals surface area contributed by atoms with Gasteiger partial charge in [0.1, 0.15) is 0 Å². The summed E-state index contributed by atoms with van der Waals surface area (Å²) in [5.74, 6) is 1.21. The molecule has 2 unspecified atom stereocenters. The Bertz CT molecular complexity index is 227. The van der Waals surface area contributed by atoms with E-state index < -0.39 is 0 Å². The lowest BCUT2D eigenvalue weighted by Gasteiger charge is -2.18. The summed E-state index contributed by atoms with van der Waals surface area (Å²) < 4.78 is 5.39. The van der Waals surface area contributed by atoms with Gasteiger partial charge < -0.3 is 15.4 Å². The molecule has 1 heterocycles. The highest BCUT2D eigenvalue weighted by Gasteiger charge is 2.33. The quantitative estimate of drug-likeness (QED) is 0.636. The minimum absolute atomic E-state index is 0.0178. The van der Waals surface area contributed by atoms with Gasteiger partial charge in [-0.05, 0) is 31.4 Å². The highest BCUT2D eigenvalue weighted by molar-refractivity contribution is 7.98. The molecule has 17 heavy (non-hydrogen) atoms. The molecule has 1 aliphatic heterocycles. The molecule has 0 radical (unpaired) electrons. The van der Waals surface area contributed by atoms with Crippen LogP contribution in [0.4, 0.5) is 0 Å². The van der Waals surface area contributed by atoms with E-state index in [-0.39, 0.29) is 17.9 Å². The Hall–Kier alpha value is -0.260. The Labute approximate surface area is 108 Å². The molecule has 0 saturated carbocycles. The fourth-order valence-electron chi connectivity index (χ4n) is 1.90. The van der Waals surface area contributed by atoms with Crippen molar-refractivity contribution in [2.24, 2.45) is 5.92 Å². The van der Waals surface area contributed by atoms with E-state index in [1.54, 1.807) is 0 Å². The number of hydrogen-bond acceptors (Lipinski definition) is 4. The number of hydrogen-bond donors (Lipinski definition) is 2. The van der Waals surface area contributed by atoms with Crippen LogP contribution in [-0.2, 0) is 9.53 Å². The summed E-state index contributed by atoms with van der Waals surface area (Å²) in [5.41, 5.74) is 0. The lowest BCUT2D eigenvalue weighted by molar-refractivity contribution is -0.125. The fraction of sp³-hybridized carbons (Fsp3) is 0.917. The summed E-state index contributed by atoms with van der Waals surface area (Å²) in [5, 5.41) is 6.37. The van der Waals surface area contributed by atoms with Crippen molar-refractivity contribution in [2.75, 3.05) is 38.3 Å². The molecule has 2 atom stereocenters.